The number of amides is 1. The molecule has 7 heteroatoms. The van der Waals surface area contributed by atoms with Crippen LogP contribution in [0.5, 0.6) is 0 Å². The zero-order valence-electron chi connectivity index (χ0n) is 13.0. The smallest absolute Gasteiger partial charge is 0.337 e. The van der Waals surface area contributed by atoms with Crippen LogP contribution in [0.4, 0.5) is 17.3 Å². The maximum atomic E-state index is 11.5. The Labute approximate surface area is 134 Å². The first-order valence-electron chi connectivity index (χ1n) is 7.21. The summed E-state index contributed by atoms with van der Waals surface area (Å²) in [6.07, 6.45) is 1.22. The van der Waals surface area contributed by atoms with E-state index < -0.39 is 5.97 Å². The molecule has 2 N–H and O–H groups in total. The Morgan fingerprint density at radius 2 is 1.87 bits per heavy atom. The summed E-state index contributed by atoms with van der Waals surface area (Å²) in [5, 5.41) is 13.6. The number of carbonyl (C=O) groups is 2. The van der Waals surface area contributed by atoms with Gasteiger partial charge in [-0.2, -0.15) is 0 Å². The number of carbonyl (C=O) groups excluding carboxylic acids is 2. The van der Waals surface area contributed by atoms with Crippen molar-refractivity contribution in [3.8, 4) is 0 Å². The summed E-state index contributed by atoms with van der Waals surface area (Å²) in [6.45, 7) is 1.93. The van der Waals surface area contributed by atoms with Gasteiger partial charge < -0.3 is 15.4 Å². The second-order valence-corrected chi connectivity index (χ2v) is 4.80. The lowest BCUT2D eigenvalue weighted by molar-refractivity contribution is -0.116. The lowest BCUT2D eigenvalue weighted by Gasteiger charge is -2.07. The van der Waals surface area contributed by atoms with Gasteiger partial charge in [0.1, 0.15) is 0 Å². The molecule has 0 unspecified atom stereocenters. The summed E-state index contributed by atoms with van der Waals surface area (Å²) < 4.78 is 4.68. The van der Waals surface area contributed by atoms with E-state index in [0.717, 1.165) is 6.42 Å². The number of nitrogens with zero attached hydrogens (tertiary/aromatic N) is 2. The van der Waals surface area contributed by atoms with Gasteiger partial charge in [0.15, 0.2) is 11.6 Å². The van der Waals surface area contributed by atoms with Crippen molar-refractivity contribution in [2.45, 2.75) is 19.8 Å². The highest BCUT2D eigenvalue weighted by molar-refractivity contribution is 5.91. The van der Waals surface area contributed by atoms with Crippen LogP contribution in [-0.2, 0) is 9.53 Å². The minimum Gasteiger partial charge on any atom is -0.465 e. The normalized spacial score (nSPS) is 10.0. The van der Waals surface area contributed by atoms with Crippen molar-refractivity contribution in [2.24, 2.45) is 0 Å². The van der Waals surface area contributed by atoms with Crippen molar-refractivity contribution < 1.29 is 14.3 Å². The minimum atomic E-state index is -0.409. The van der Waals surface area contributed by atoms with E-state index in [1.807, 2.05) is 6.92 Å². The molecule has 0 radical (unpaired) electrons. The zero-order chi connectivity index (χ0) is 16.7. The molecule has 0 bridgehead atoms. The van der Waals surface area contributed by atoms with E-state index >= 15 is 0 Å². The van der Waals surface area contributed by atoms with Gasteiger partial charge >= 0.3 is 5.97 Å². The summed E-state index contributed by atoms with van der Waals surface area (Å²) >= 11 is 0. The maximum Gasteiger partial charge on any atom is 0.337 e. The van der Waals surface area contributed by atoms with E-state index in [2.05, 4.69) is 25.6 Å². The highest BCUT2D eigenvalue weighted by atomic mass is 16.5. The maximum absolute atomic E-state index is 11.5. The fraction of sp³-hybridized carbons (Fsp3) is 0.250. The van der Waals surface area contributed by atoms with Crippen LogP contribution in [0.25, 0.3) is 0 Å². The molecule has 0 atom stereocenters. The predicted octanol–water partition coefficient (Wildman–Crippen LogP) is 2.75. The van der Waals surface area contributed by atoms with Gasteiger partial charge in [0, 0.05) is 12.1 Å². The van der Waals surface area contributed by atoms with Crippen molar-refractivity contribution >= 4 is 29.2 Å². The molecule has 0 aliphatic carbocycles. The van der Waals surface area contributed by atoms with Crippen LogP contribution in [-0.4, -0.2) is 29.2 Å². The van der Waals surface area contributed by atoms with Crippen molar-refractivity contribution in [3.63, 3.8) is 0 Å². The first kappa shape index (κ1) is 16.4. The molecule has 1 aromatic carbocycles. The molecule has 1 heterocycles. The van der Waals surface area contributed by atoms with E-state index in [9.17, 15) is 9.59 Å². The largest absolute Gasteiger partial charge is 0.465 e. The summed E-state index contributed by atoms with van der Waals surface area (Å²) in [4.78, 5) is 23.0. The number of esters is 1. The molecule has 2 aromatic rings. The number of rotatable bonds is 6. The molecule has 1 aromatic heterocycles. The molecule has 7 nitrogen and oxygen atoms in total. The zero-order valence-corrected chi connectivity index (χ0v) is 13.0. The Bertz CT molecular complexity index is 686. The number of benzene rings is 1. The molecule has 1 amide bonds. The summed E-state index contributed by atoms with van der Waals surface area (Å²) in [7, 11) is 1.33. The fourth-order valence-corrected chi connectivity index (χ4v) is 1.89. The van der Waals surface area contributed by atoms with E-state index in [4.69, 9.17) is 0 Å². The van der Waals surface area contributed by atoms with Crippen LogP contribution < -0.4 is 10.6 Å². The number of ether oxygens (including phenoxy) is 1. The van der Waals surface area contributed by atoms with E-state index in [1.54, 1.807) is 36.4 Å². The second kappa shape index (κ2) is 7.88. The fourth-order valence-electron chi connectivity index (χ4n) is 1.89. The quantitative estimate of drug-likeness (QED) is 0.796. The molecule has 0 saturated carbocycles. The van der Waals surface area contributed by atoms with Crippen LogP contribution in [0, 0.1) is 0 Å². The molecule has 0 saturated heterocycles. The van der Waals surface area contributed by atoms with Gasteiger partial charge in [-0.1, -0.05) is 13.0 Å². The Kier molecular flexibility index (Phi) is 5.62. The highest BCUT2D eigenvalue weighted by Crippen LogP contribution is 2.17. The number of hydrogen-bond acceptors (Lipinski definition) is 6. The second-order valence-electron chi connectivity index (χ2n) is 4.80. The van der Waals surface area contributed by atoms with E-state index in [1.165, 1.54) is 7.11 Å². The van der Waals surface area contributed by atoms with Crippen LogP contribution in [0.15, 0.2) is 36.4 Å². The molecule has 23 heavy (non-hydrogen) atoms. The van der Waals surface area contributed by atoms with Gasteiger partial charge in [-0.25, -0.2) is 4.79 Å². The third-order valence-electron chi connectivity index (χ3n) is 2.97. The van der Waals surface area contributed by atoms with Gasteiger partial charge in [-0.05, 0) is 36.8 Å². The lowest BCUT2D eigenvalue weighted by Crippen LogP contribution is -2.12. The van der Waals surface area contributed by atoms with Crippen LogP contribution >= 0.6 is 0 Å². The molecule has 2 rings (SSSR count). The van der Waals surface area contributed by atoms with Crippen LogP contribution in [0.1, 0.15) is 30.1 Å². The average molecular weight is 314 g/mol. The van der Waals surface area contributed by atoms with E-state index in [-0.39, 0.29) is 5.91 Å². The van der Waals surface area contributed by atoms with Crippen LogP contribution in [0.3, 0.4) is 0 Å². The summed E-state index contributed by atoms with van der Waals surface area (Å²) in [5.74, 6) is 0.403. The first-order valence-corrected chi connectivity index (χ1v) is 7.21. The van der Waals surface area contributed by atoms with Gasteiger partial charge in [0.2, 0.25) is 5.91 Å². The van der Waals surface area contributed by atoms with E-state index in [0.29, 0.717) is 29.3 Å². The van der Waals surface area contributed by atoms with Crippen molar-refractivity contribution in [2.75, 3.05) is 17.7 Å². The third-order valence-corrected chi connectivity index (χ3v) is 2.97. The molecular weight excluding hydrogens is 296 g/mol. The molecule has 0 spiro atoms. The SMILES string of the molecule is CCCC(=O)Nc1ccc(Nc2cccc(C(=O)OC)c2)nn1. The predicted molar refractivity (Wildman–Crippen MR) is 86.6 cm³/mol. The summed E-state index contributed by atoms with van der Waals surface area (Å²) in [5.41, 5.74) is 1.12. The molecule has 0 aliphatic rings. The van der Waals surface area contributed by atoms with Crippen LogP contribution in [0.2, 0.25) is 0 Å². The number of methoxy groups -OCH3 is 1. The summed E-state index contributed by atoms with van der Waals surface area (Å²) in [6, 6.07) is 10.2. The number of anilines is 3. The Hall–Kier alpha value is -2.96. The van der Waals surface area contributed by atoms with Gasteiger partial charge in [-0.3, -0.25) is 4.79 Å². The topological polar surface area (TPSA) is 93.2 Å². The third kappa shape index (κ3) is 4.77. The van der Waals surface area contributed by atoms with Crippen molar-refractivity contribution in [1.29, 1.82) is 0 Å². The lowest BCUT2D eigenvalue weighted by atomic mass is 10.2. The van der Waals surface area contributed by atoms with Gasteiger partial charge in [0.25, 0.3) is 0 Å². The monoisotopic (exact) mass is 314 g/mol. The standard InChI is InChI=1S/C16H18N4O3/c1-3-5-15(21)18-14-9-8-13(19-20-14)17-12-7-4-6-11(10-12)16(22)23-2/h4,6-10H,3,5H2,1-2H3,(H,17,19)(H,18,20,21). The number of nitrogens with one attached hydrogen (secondary N) is 2. The molecule has 120 valence electrons. The van der Waals surface area contributed by atoms with Gasteiger partial charge in [0.05, 0.1) is 12.7 Å². The first-order chi connectivity index (χ1) is 11.1. The Balaban J connectivity index is 2.03. The van der Waals surface area contributed by atoms with Gasteiger partial charge in [-0.15, -0.1) is 10.2 Å². The minimum absolute atomic E-state index is 0.0895. The average Bonchev–Trinajstić information content (AvgIpc) is 2.56. The Morgan fingerprint density at radius 1 is 1.13 bits per heavy atom. The molecule has 0 fully saturated rings. The number of aromatic nitrogens is 2. The van der Waals surface area contributed by atoms with Crippen molar-refractivity contribution in [3.05, 3.63) is 42.0 Å². The molecular formula is C16H18N4O3. The highest BCUT2D eigenvalue weighted by Gasteiger charge is 2.07. The Morgan fingerprint density at radius 3 is 2.52 bits per heavy atom. The molecule has 0 aliphatic heterocycles. The van der Waals surface area contributed by atoms with Crippen molar-refractivity contribution in [1.82, 2.24) is 10.2 Å². The number of hydrogen-bond donors (Lipinski definition) is 2.